The van der Waals surface area contributed by atoms with Crippen molar-refractivity contribution in [2.45, 2.75) is 12.3 Å². The van der Waals surface area contributed by atoms with Crippen LogP contribution >= 0.6 is 0 Å². The molecule has 298 valence electrons. The van der Waals surface area contributed by atoms with Crippen molar-refractivity contribution < 1.29 is 4.42 Å². The topological polar surface area (TPSA) is 21.3 Å². The van der Waals surface area contributed by atoms with Gasteiger partial charge in [0, 0.05) is 45.2 Å². The van der Waals surface area contributed by atoms with Gasteiger partial charge < -0.3 is 13.9 Å². The van der Waals surface area contributed by atoms with E-state index >= 15 is 0 Å². The number of allylic oxidation sites excluding steroid dienone is 3. The van der Waals surface area contributed by atoms with Crippen LogP contribution in [0.4, 0.5) is 11.4 Å². The Morgan fingerprint density at radius 1 is 0.444 bits per heavy atom. The van der Waals surface area contributed by atoms with Crippen LogP contribution in [-0.4, -0.2) is 4.57 Å². The van der Waals surface area contributed by atoms with Gasteiger partial charge >= 0.3 is 0 Å². The molecule has 0 saturated carbocycles. The highest BCUT2D eigenvalue weighted by Crippen LogP contribution is 2.50. The molecule has 2 aromatic heterocycles. The van der Waals surface area contributed by atoms with Crippen LogP contribution in [0, 0.1) is 0 Å². The summed E-state index contributed by atoms with van der Waals surface area (Å²) < 4.78 is 9.29. The lowest BCUT2D eigenvalue weighted by Crippen LogP contribution is -2.18. The summed E-state index contributed by atoms with van der Waals surface area (Å²) in [5, 5.41) is 4.52. The van der Waals surface area contributed by atoms with Gasteiger partial charge in [-0.05, 0) is 93.9 Å². The second kappa shape index (κ2) is 15.4. The van der Waals surface area contributed by atoms with Gasteiger partial charge in [0.25, 0.3) is 0 Å². The summed E-state index contributed by atoms with van der Waals surface area (Å²) in [4.78, 5) is 2.50. The molecule has 1 unspecified atom stereocenters. The number of hydrogen-bond acceptors (Lipinski definition) is 2. The zero-order chi connectivity index (χ0) is 41.7. The molecule has 0 N–H and O–H groups in total. The van der Waals surface area contributed by atoms with Gasteiger partial charge in [-0.3, -0.25) is 0 Å². The predicted octanol–water partition coefficient (Wildman–Crippen LogP) is 16.4. The molecule has 0 bridgehead atoms. The fourth-order valence-electron chi connectivity index (χ4n) is 9.66. The molecule has 3 heteroatoms. The first-order valence-corrected chi connectivity index (χ1v) is 21.8. The van der Waals surface area contributed by atoms with E-state index in [0.717, 1.165) is 62.2 Å². The first kappa shape index (κ1) is 36.7. The van der Waals surface area contributed by atoms with Crippen LogP contribution in [0.25, 0.3) is 82.8 Å². The molecule has 1 atom stereocenters. The van der Waals surface area contributed by atoms with Gasteiger partial charge in [-0.1, -0.05) is 182 Å². The van der Waals surface area contributed by atoms with Gasteiger partial charge in [-0.25, -0.2) is 0 Å². The van der Waals surface area contributed by atoms with Gasteiger partial charge in [0.15, 0.2) is 0 Å². The molecule has 9 aromatic carbocycles. The van der Waals surface area contributed by atoms with Crippen molar-refractivity contribution in [3.8, 4) is 39.1 Å². The first-order chi connectivity index (χ1) is 31.2. The Balaban J connectivity index is 1.15. The second-order valence-corrected chi connectivity index (χ2v) is 16.4. The van der Waals surface area contributed by atoms with Crippen molar-refractivity contribution in [2.24, 2.45) is 0 Å². The van der Waals surface area contributed by atoms with E-state index in [2.05, 4.69) is 246 Å². The van der Waals surface area contributed by atoms with Gasteiger partial charge in [0.05, 0.1) is 22.1 Å². The summed E-state index contributed by atoms with van der Waals surface area (Å²) in [6.07, 6.45) is 8.01. The van der Waals surface area contributed by atoms with Crippen LogP contribution in [-0.2, 0) is 0 Å². The summed E-state index contributed by atoms with van der Waals surface area (Å²) in [6, 6.07) is 78.6. The zero-order valence-corrected chi connectivity index (χ0v) is 34.6. The minimum absolute atomic E-state index is 0.290. The summed E-state index contributed by atoms with van der Waals surface area (Å²) in [6.45, 7) is 0. The average Bonchev–Trinajstić information content (AvgIpc) is 3.90. The van der Waals surface area contributed by atoms with Gasteiger partial charge in [-0.2, -0.15) is 0 Å². The van der Waals surface area contributed by atoms with E-state index in [0.29, 0.717) is 5.92 Å². The van der Waals surface area contributed by atoms with Crippen molar-refractivity contribution in [1.82, 2.24) is 4.57 Å². The van der Waals surface area contributed by atoms with Crippen molar-refractivity contribution >= 4 is 55.1 Å². The summed E-state index contributed by atoms with van der Waals surface area (Å²) >= 11 is 0. The largest absolute Gasteiger partial charge is 0.456 e. The van der Waals surface area contributed by atoms with Crippen LogP contribution in [0.1, 0.15) is 17.9 Å². The fraction of sp³-hybridized carbons (Fsp3) is 0.0333. The third kappa shape index (κ3) is 6.45. The van der Waals surface area contributed by atoms with E-state index < -0.39 is 0 Å². The van der Waals surface area contributed by atoms with Gasteiger partial charge in [0.2, 0.25) is 0 Å². The molecule has 0 fully saturated rings. The van der Waals surface area contributed by atoms with Crippen LogP contribution in [0.3, 0.4) is 0 Å². The van der Waals surface area contributed by atoms with Gasteiger partial charge in [-0.15, -0.1) is 0 Å². The normalized spacial score (nSPS) is 13.8. The quantitative estimate of drug-likeness (QED) is 0.153. The number of nitrogens with zero attached hydrogens (tertiary/aromatic N) is 2. The number of fused-ring (bicyclic) bond motifs is 6. The minimum atomic E-state index is 0.290. The number of hydrogen-bond donors (Lipinski definition) is 0. The molecule has 0 aliphatic heterocycles. The molecule has 11 aromatic rings. The van der Waals surface area contributed by atoms with Crippen molar-refractivity contribution in [3.05, 3.63) is 248 Å². The summed E-state index contributed by atoms with van der Waals surface area (Å²) in [5.41, 5.74) is 16.8. The molecule has 2 heterocycles. The van der Waals surface area contributed by atoms with Crippen LogP contribution in [0.2, 0.25) is 0 Å². The van der Waals surface area contributed by atoms with E-state index in [9.17, 15) is 0 Å². The summed E-state index contributed by atoms with van der Waals surface area (Å²) in [5.74, 6) is 0.290. The highest BCUT2D eigenvalue weighted by molar-refractivity contribution is 6.28. The van der Waals surface area contributed by atoms with Crippen LogP contribution < -0.4 is 4.90 Å². The standard InChI is InChI=1S/C60H42N2O/c1-5-15-41(16-6-1)44-25-27-47(28-26-44)48-33-38-54-53(39-48)58-55(62(54)49-21-11-4-12-22-49)40-57-59(52-23-13-14-24-56(52)63-57)60(58)61(50-34-29-45(30-35-50)42-17-7-2-8-18-42)51-36-31-46(32-37-51)43-19-9-3-10-20-43/h1-31,33-40,46H,32H2. The molecular weight excluding hydrogens is 765 g/mol. The van der Waals surface area contributed by atoms with E-state index in [1.807, 2.05) is 0 Å². The highest BCUT2D eigenvalue weighted by Gasteiger charge is 2.28. The van der Waals surface area contributed by atoms with E-state index in [4.69, 9.17) is 4.42 Å². The lowest BCUT2D eigenvalue weighted by molar-refractivity contribution is 0.669. The molecule has 0 saturated heterocycles. The Morgan fingerprint density at radius 3 is 1.65 bits per heavy atom. The fourth-order valence-corrected chi connectivity index (χ4v) is 9.66. The Bertz CT molecular complexity index is 3490. The summed E-state index contributed by atoms with van der Waals surface area (Å²) in [7, 11) is 0. The molecule has 0 radical (unpaired) electrons. The lowest BCUT2D eigenvalue weighted by atomic mass is 9.91. The maximum Gasteiger partial charge on any atom is 0.139 e. The van der Waals surface area contributed by atoms with Crippen LogP contribution in [0.15, 0.2) is 247 Å². The smallest absolute Gasteiger partial charge is 0.139 e. The van der Waals surface area contributed by atoms with Crippen LogP contribution in [0.5, 0.6) is 0 Å². The molecule has 0 spiro atoms. The molecule has 63 heavy (non-hydrogen) atoms. The van der Waals surface area contributed by atoms with Crippen molar-refractivity contribution in [2.75, 3.05) is 4.90 Å². The zero-order valence-electron chi connectivity index (χ0n) is 34.6. The molecule has 1 aliphatic carbocycles. The molecule has 3 nitrogen and oxygen atoms in total. The third-order valence-corrected chi connectivity index (χ3v) is 12.7. The number of anilines is 2. The monoisotopic (exact) mass is 806 g/mol. The van der Waals surface area contributed by atoms with Crippen molar-refractivity contribution in [1.29, 1.82) is 0 Å². The third-order valence-electron chi connectivity index (χ3n) is 12.7. The second-order valence-electron chi connectivity index (χ2n) is 16.4. The Kier molecular flexibility index (Phi) is 8.97. The average molecular weight is 807 g/mol. The highest BCUT2D eigenvalue weighted by atomic mass is 16.3. The Hall–Kier alpha value is -8.14. The maximum atomic E-state index is 6.88. The van der Waals surface area contributed by atoms with E-state index in [1.165, 1.54) is 49.7 Å². The predicted molar refractivity (Wildman–Crippen MR) is 264 cm³/mol. The number of para-hydroxylation sites is 2. The number of furan rings is 1. The number of rotatable bonds is 8. The molecular formula is C60H42N2O. The lowest BCUT2D eigenvalue weighted by Gasteiger charge is -2.30. The Labute approximate surface area is 366 Å². The number of aromatic nitrogens is 1. The molecule has 0 amide bonds. The van der Waals surface area contributed by atoms with Crippen molar-refractivity contribution in [3.63, 3.8) is 0 Å². The molecule has 12 rings (SSSR count). The number of benzene rings is 9. The maximum absolute atomic E-state index is 6.88. The van der Waals surface area contributed by atoms with Gasteiger partial charge in [0.1, 0.15) is 11.2 Å². The minimum Gasteiger partial charge on any atom is -0.456 e. The molecule has 1 aliphatic rings. The van der Waals surface area contributed by atoms with E-state index in [-0.39, 0.29) is 0 Å². The SMILES string of the molecule is C1=CC(c2ccccc2)CC=C1N(c1ccc(-c2ccccc2)cc1)c1c2c(cc3c1c1cc(-c4ccc(-c5ccccc5)cc4)ccc1n3-c1ccccc1)oc1ccccc12. The van der Waals surface area contributed by atoms with E-state index in [1.54, 1.807) is 0 Å². The Morgan fingerprint density at radius 2 is 1.00 bits per heavy atom. The first-order valence-electron chi connectivity index (χ1n) is 21.8.